The topological polar surface area (TPSA) is 43.8 Å². The zero-order chi connectivity index (χ0) is 12.7. The molecule has 0 spiro atoms. The van der Waals surface area contributed by atoms with Gasteiger partial charge in [-0.15, -0.1) is 0 Å². The van der Waals surface area contributed by atoms with Crippen LogP contribution in [0.2, 0.25) is 5.02 Å². The fraction of sp³-hybridized carbons (Fsp3) is 0.769. The van der Waals surface area contributed by atoms with E-state index in [9.17, 15) is 0 Å². The van der Waals surface area contributed by atoms with E-state index in [1.165, 1.54) is 25.7 Å². The van der Waals surface area contributed by atoms with E-state index in [1.54, 1.807) is 6.20 Å². The summed E-state index contributed by atoms with van der Waals surface area (Å²) in [6, 6.07) is 0.0217. The summed E-state index contributed by atoms with van der Waals surface area (Å²) in [4.78, 5) is 0. The fourth-order valence-electron chi connectivity index (χ4n) is 2.06. The molecule has 17 heavy (non-hydrogen) atoms. The fourth-order valence-corrected chi connectivity index (χ4v) is 2.34. The van der Waals surface area contributed by atoms with E-state index in [4.69, 9.17) is 17.3 Å². The highest BCUT2D eigenvalue weighted by Gasteiger charge is 2.15. The molecule has 0 amide bonds. The number of hydrogen-bond donors (Lipinski definition) is 1. The molecule has 1 rings (SSSR count). The highest BCUT2D eigenvalue weighted by molar-refractivity contribution is 6.31. The number of hydrogen-bond acceptors (Lipinski definition) is 2. The van der Waals surface area contributed by atoms with Gasteiger partial charge in [-0.2, -0.15) is 5.10 Å². The van der Waals surface area contributed by atoms with Crippen molar-refractivity contribution in [2.24, 2.45) is 5.73 Å². The van der Waals surface area contributed by atoms with E-state index >= 15 is 0 Å². The maximum Gasteiger partial charge on any atom is 0.0834 e. The van der Waals surface area contributed by atoms with Crippen molar-refractivity contribution in [3.63, 3.8) is 0 Å². The molecule has 2 N–H and O–H groups in total. The number of nitrogens with two attached hydrogens (primary N) is 1. The first-order valence-corrected chi connectivity index (χ1v) is 7.05. The van der Waals surface area contributed by atoms with Crippen LogP contribution in [0, 0.1) is 0 Å². The smallest absolute Gasteiger partial charge is 0.0834 e. The molecule has 1 aromatic heterocycles. The Kier molecular flexibility index (Phi) is 6.60. The summed E-state index contributed by atoms with van der Waals surface area (Å²) in [6.07, 6.45) is 8.71. The first-order valence-electron chi connectivity index (χ1n) is 6.67. The highest BCUT2D eigenvalue weighted by Crippen LogP contribution is 2.25. The Balaban J connectivity index is 2.54. The lowest BCUT2D eigenvalue weighted by atomic mass is 10.1. The molecule has 0 radical (unpaired) electrons. The largest absolute Gasteiger partial charge is 0.323 e. The van der Waals surface area contributed by atoms with Gasteiger partial charge in [0.05, 0.1) is 16.9 Å². The second-order valence-electron chi connectivity index (χ2n) is 4.56. The van der Waals surface area contributed by atoms with E-state index < -0.39 is 0 Å². The van der Waals surface area contributed by atoms with Gasteiger partial charge in [0.15, 0.2) is 0 Å². The van der Waals surface area contributed by atoms with Gasteiger partial charge >= 0.3 is 0 Å². The Labute approximate surface area is 109 Å². The summed E-state index contributed by atoms with van der Waals surface area (Å²) in [5.74, 6) is 0. The van der Waals surface area contributed by atoms with Gasteiger partial charge in [-0.05, 0) is 12.8 Å². The van der Waals surface area contributed by atoms with Crippen LogP contribution in [0.1, 0.15) is 64.1 Å². The van der Waals surface area contributed by atoms with E-state index in [0.717, 1.165) is 25.1 Å². The van der Waals surface area contributed by atoms with Gasteiger partial charge < -0.3 is 5.73 Å². The van der Waals surface area contributed by atoms with E-state index in [2.05, 4.69) is 18.9 Å². The van der Waals surface area contributed by atoms with Crippen molar-refractivity contribution in [3.05, 3.63) is 16.9 Å². The number of halogens is 1. The van der Waals surface area contributed by atoms with Gasteiger partial charge in [0.2, 0.25) is 0 Å². The molecule has 1 atom stereocenters. The van der Waals surface area contributed by atoms with Gasteiger partial charge in [0.1, 0.15) is 0 Å². The summed E-state index contributed by atoms with van der Waals surface area (Å²) < 4.78 is 1.95. The molecule has 0 aliphatic heterocycles. The maximum atomic E-state index is 6.21. The standard InChI is InChI=1S/C13H24ClN3/c1-3-5-6-7-8-12(15)13-11(14)10-16-17(13)9-4-2/h10,12H,3-9,15H2,1-2H3. The van der Waals surface area contributed by atoms with Crippen LogP contribution in [0.3, 0.4) is 0 Å². The maximum absolute atomic E-state index is 6.21. The molecule has 3 nitrogen and oxygen atoms in total. The van der Waals surface area contributed by atoms with Crippen LogP contribution in [0.5, 0.6) is 0 Å². The van der Waals surface area contributed by atoms with Crippen LogP contribution < -0.4 is 5.73 Å². The van der Waals surface area contributed by atoms with Gasteiger partial charge in [-0.25, -0.2) is 0 Å². The van der Waals surface area contributed by atoms with Gasteiger partial charge in [0.25, 0.3) is 0 Å². The number of aryl methyl sites for hydroxylation is 1. The molecule has 1 heterocycles. The molecule has 4 heteroatoms. The number of rotatable bonds is 8. The van der Waals surface area contributed by atoms with Crippen LogP contribution in [0.15, 0.2) is 6.20 Å². The first kappa shape index (κ1) is 14.5. The third kappa shape index (κ3) is 4.32. The van der Waals surface area contributed by atoms with Gasteiger partial charge in [0, 0.05) is 12.6 Å². The van der Waals surface area contributed by atoms with E-state index in [1.807, 2.05) is 4.68 Å². The van der Waals surface area contributed by atoms with Gasteiger partial charge in [-0.1, -0.05) is 51.1 Å². The minimum Gasteiger partial charge on any atom is -0.323 e. The molecule has 0 saturated carbocycles. The van der Waals surface area contributed by atoms with Crippen molar-refractivity contribution in [3.8, 4) is 0 Å². The van der Waals surface area contributed by atoms with Crippen molar-refractivity contribution in [1.29, 1.82) is 0 Å². The molecule has 0 aromatic carbocycles. The zero-order valence-electron chi connectivity index (χ0n) is 11.0. The molecular formula is C13H24ClN3. The Morgan fingerprint density at radius 3 is 2.71 bits per heavy atom. The van der Waals surface area contributed by atoms with Crippen LogP contribution >= 0.6 is 11.6 Å². The average molecular weight is 258 g/mol. The van der Waals surface area contributed by atoms with Gasteiger partial charge in [-0.3, -0.25) is 4.68 Å². The lowest BCUT2D eigenvalue weighted by Crippen LogP contribution is -2.17. The van der Waals surface area contributed by atoms with Crippen LogP contribution in [-0.2, 0) is 6.54 Å². The molecule has 1 aromatic rings. The van der Waals surface area contributed by atoms with Crippen LogP contribution in [0.25, 0.3) is 0 Å². The molecule has 0 saturated heterocycles. The van der Waals surface area contributed by atoms with Crippen molar-refractivity contribution < 1.29 is 0 Å². The summed E-state index contributed by atoms with van der Waals surface area (Å²) in [6.45, 7) is 5.24. The van der Waals surface area contributed by atoms with Crippen molar-refractivity contribution >= 4 is 11.6 Å². The lowest BCUT2D eigenvalue weighted by Gasteiger charge is -2.14. The molecule has 0 bridgehead atoms. The Morgan fingerprint density at radius 2 is 2.06 bits per heavy atom. The average Bonchev–Trinajstić information content (AvgIpc) is 2.66. The Morgan fingerprint density at radius 1 is 1.29 bits per heavy atom. The SMILES string of the molecule is CCCCCCC(N)c1c(Cl)cnn1CCC. The quantitative estimate of drug-likeness (QED) is 0.718. The summed E-state index contributed by atoms with van der Waals surface area (Å²) in [5, 5.41) is 4.99. The second kappa shape index (κ2) is 7.72. The molecule has 98 valence electrons. The predicted octanol–water partition coefficient (Wildman–Crippen LogP) is 3.92. The summed E-state index contributed by atoms with van der Waals surface area (Å²) >= 11 is 6.15. The van der Waals surface area contributed by atoms with Crippen molar-refractivity contribution in [2.75, 3.05) is 0 Å². The second-order valence-corrected chi connectivity index (χ2v) is 4.96. The third-order valence-corrected chi connectivity index (χ3v) is 3.28. The van der Waals surface area contributed by atoms with Crippen molar-refractivity contribution in [2.45, 2.75) is 65.0 Å². The molecule has 1 unspecified atom stereocenters. The minimum atomic E-state index is 0.0217. The summed E-state index contributed by atoms with van der Waals surface area (Å²) in [7, 11) is 0. The van der Waals surface area contributed by atoms with E-state index in [0.29, 0.717) is 5.02 Å². The number of aromatic nitrogens is 2. The number of nitrogens with zero attached hydrogens (tertiary/aromatic N) is 2. The highest BCUT2D eigenvalue weighted by atomic mass is 35.5. The van der Waals surface area contributed by atoms with E-state index in [-0.39, 0.29) is 6.04 Å². The molecule has 0 aliphatic carbocycles. The molecular weight excluding hydrogens is 234 g/mol. The zero-order valence-corrected chi connectivity index (χ0v) is 11.7. The Bertz CT molecular complexity index is 322. The third-order valence-electron chi connectivity index (χ3n) is 2.99. The molecule has 0 aliphatic rings. The monoisotopic (exact) mass is 257 g/mol. The summed E-state index contributed by atoms with van der Waals surface area (Å²) in [5.41, 5.74) is 7.21. The number of unbranched alkanes of at least 4 members (excludes halogenated alkanes) is 3. The lowest BCUT2D eigenvalue weighted by molar-refractivity contribution is 0.502. The Hall–Kier alpha value is -0.540. The van der Waals surface area contributed by atoms with Crippen LogP contribution in [-0.4, -0.2) is 9.78 Å². The van der Waals surface area contributed by atoms with Crippen molar-refractivity contribution in [1.82, 2.24) is 9.78 Å². The predicted molar refractivity (Wildman–Crippen MR) is 73.2 cm³/mol. The molecule has 0 fully saturated rings. The first-order chi connectivity index (χ1) is 8.20. The van der Waals surface area contributed by atoms with Crippen LogP contribution in [0.4, 0.5) is 0 Å². The normalized spacial score (nSPS) is 12.9. The minimum absolute atomic E-state index is 0.0217.